The van der Waals surface area contributed by atoms with Crippen molar-refractivity contribution < 1.29 is 9.53 Å². The average molecular weight is 293 g/mol. The lowest BCUT2D eigenvalue weighted by Crippen LogP contribution is -2.41. The molecule has 0 bridgehead atoms. The molecule has 1 aliphatic heterocycles. The zero-order valence-electron chi connectivity index (χ0n) is 12.9. The number of nitrogens with one attached hydrogen (secondary N) is 1. The molecule has 21 heavy (non-hydrogen) atoms. The van der Waals surface area contributed by atoms with E-state index in [1.807, 2.05) is 21.0 Å². The van der Waals surface area contributed by atoms with E-state index in [4.69, 9.17) is 4.74 Å². The Balaban J connectivity index is 1.87. The first kappa shape index (κ1) is 15.7. The van der Waals surface area contributed by atoms with Crippen LogP contribution in [-0.2, 0) is 4.74 Å². The summed E-state index contributed by atoms with van der Waals surface area (Å²) in [6.45, 7) is 6.69. The molecule has 0 saturated carbocycles. The number of nitrogens with zero attached hydrogens (tertiary/aromatic N) is 4. The Labute approximate surface area is 125 Å². The summed E-state index contributed by atoms with van der Waals surface area (Å²) in [4.78, 5) is 24.8. The van der Waals surface area contributed by atoms with Crippen molar-refractivity contribution >= 4 is 11.9 Å². The average Bonchev–Trinajstić information content (AvgIpc) is 2.47. The maximum atomic E-state index is 12.2. The SMILES string of the molecule is Cc1cc(C(=O)NCCN2CCOCC2)nc(N(C)C)n1. The molecule has 7 heteroatoms. The van der Waals surface area contributed by atoms with Gasteiger partial charge in [0.25, 0.3) is 5.91 Å². The van der Waals surface area contributed by atoms with Gasteiger partial charge in [0.05, 0.1) is 13.2 Å². The summed E-state index contributed by atoms with van der Waals surface area (Å²) in [5, 5.41) is 2.91. The van der Waals surface area contributed by atoms with Gasteiger partial charge >= 0.3 is 0 Å². The minimum Gasteiger partial charge on any atom is -0.379 e. The lowest BCUT2D eigenvalue weighted by Gasteiger charge is -2.26. The van der Waals surface area contributed by atoms with Crippen LogP contribution in [0.4, 0.5) is 5.95 Å². The third-order valence-corrected chi connectivity index (χ3v) is 3.29. The zero-order chi connectivity index (χ0) is 15.2. The number of aryl methyl sites for hydroxylation is 1. The fourth-order valence-electron chi connectivity index (χ4n) is 2.11. The van der Waals surface area contributed by atoms with Crippen LogP contribution in [0.25, 0.3) is 0 Å². The third kappa shape index (κ3) is 4.64. The molecule has 1 fully saturated rings. The molecule has 2 rings (SSSR count). The highest BCUT2D eigenvalue weighted by Gasteiger charge is 2.13. The molecule has 1 aromatic rings. The second-order valence-electron chi connectivity index (χ2n) is 5.30. The molecule has 0 atom stereocenters. The maximum Gasteiger partial charge on any atom is 0.270 e. The van der Waals surface area contributed by atoms with Crippen molar-refractivity contribution in [1.29, 1.82) is 0 Å². The number of morpholine rings is 1. The van der Waals surface area contributed by atoms with E-state index in [1.54, 1.807) is 11.0 Å². The van der Waals surface area contributed by atoms with E-state index in [0.717, 1.165) is 38.5 Å². The summed E-state index contributed by atoms with van der Waals surface area (Å²) in [6, 6.07) is 1.71. The number of aromatic nitrogens is 2. The molecule has 7 nitrogen and oxygen atoms in total. The molecular weight excluding hydrogens is 270 g/mol. The van der Waals surface area contributed by atoms with E-state index in [2.05, 4.69) is 20.2 Å². The molecule has 0 unspecified atom stereocenters. The van der Waals surface area contributed by atoms with Gasteiger partial charge in [-0.25, -0.2) is 9.97 Å². The van der Waals surface area contributed by atoms with Gasteiger partial charge in [-0.3, -0.25) is 9.69 Å². The Kier molecular flexibility index (Phi) is 5.46. The summed E-state index contributed by atoms with van der Waals surface area (Å²) >= 11 is 0. The highest BCUT2D eigenvalue weighted by Crippen LogP contribution is 2.07. The highest BCUT2D eigenvalue weighted by molar-refractivity contribution is 5.92. The summed E-state index contributed by atoms with van der Waals surface area (Å²) in [5.41, 5.74) is 1.19. The van der Waals surface area contributed by atoms with Gasteiger partial charge in [0, 0.05) is 46.0 Å². The van der Waals surface area contributed by atoms with Gasteiger partial charge in [-0.15, -0.1) is 0 Å². The van der Waals surface area contributed by atoms with Gasteiger partial charge in [-0.05, 0) is 13.0 Å². The maximum absolute atomic E-state index is 12.2. The van der Waals surface area contributed by atoms with Crippen LogP contribution in [0.2, 0.25) is 0 Å². The largest absolute Gasteiger partial charge is 0.379 e. The molecule has 0 radical (unpaired) electrons. The number of ether oxygens (including phenoxy) is 1. The van der Waals surface area contributed by atoms with Crippen molar-refractivity contribution in [2.75, 3.05) is 58.4 Å². The summed E-state index contributed by atoms with van der Waals surface area (Å²) in [7, 11) is 3.71. The van der Waals surface area contributed by atoms with Gasteiger partial charge in [0.15, 0.2) is 0 Å². The van der Waals surface area contributed by atoms with Crippen LogP contribution in [0.15, 0.2) is 6.07 Å². The Morgan fingerprint density at radius 2 is 2.10 bits per heavy atom. The van der Waals surface area contributed by atoms with E-state index in [1.165, 1.54) is 0 Å². The molecule has 1 N–H and O–H groups in total. The number of rotatable bonds is 5. The van der Waals surface area contributed by atoms with Crippen LogP contribution in [-0.4, -0.2) is 74.3 Å². The molecule has 1 saturated heterocycles. The predicted molar refractivity (Wildman–Crippen MR) is 80.7 cm³/mol. The third-order valence-electron chi connectivity index (χ3n) is 3.29. The molecule has 1 aliphatic rings. The van der Waals surface area contributed by atoms with Crippen molar-refractivity contribution in [3.63, 3.8) is 0 Å². The fraction of sp³-hybridized carbons (Fsp3) is 0.643. The van der Waals surface area contributed by atoms with E-state index in [-0.39, 0.29) is 5.91 Å². The van der Waals surface area contributed by atoms with Crippen molar-refractivity contribution in [2.45, 2.75) is 6.92 Å². The van der Waals surface area contributed by atoms with Gasteiger partial charge in [-0.1, -0.05) is 0 Å². The summed E-state index contributed by atoms with van der Waals surface area (Å²) in [6.07, 6.45) is 0. The van der Waals surface area contributed by atoms with Gasteiger partial charge in [0.2, 0.25) is 5.95 Å². The molecule has 0 spiro atoms. The lowest BCUT2D eigenvalue weighted by molar-refractivity contribution is 0.0383. The Hall–Kier alpha value is -1.73. The summed E-state index contributed by atoms with van der Waals surface area (Å²) < 4.78 is 5.29. The monoisotopic (exact) mass is 293 g/mol. The molecule has 0 aliphatic carbocycles. The van der Waals surface area contributed by atoms with Crippen LogP contribution in [0.3, 0.4) is 0 Å². The normalized spacial score (nSPS) is 15.8. The fourth-order valence-corrected chi connectivity index (χ4v) is 2.11. The van der Waals surface area contributed by atoms with E-state index in [0.29, 0.717) is 18.2 Å². The van der Waals surface area contributed by atoms with Gasteiger partial charge in [0.1, 0.15) is 5.69 Å². The second-order valence-corrected chi connectivity index (χ2v) is 5.30. The Morgan fingerprint density at radius 1 is 1.38 bits per heavy atom. The first-order chi connectivity index (χ1) is 10.1. The molecule has 1 aromatic heterocycles. The van der Waals surface area contributed by atoms with Crippen LogP contribution >= 0.6 is 0 Å². The second kappa shape index (κ2) is 7.33. The molecule has 2 heterocycles. The first-order valence-electron chi connectivity index (χ1n) is 7.17. The minimum absolute atomic E-state index is 0.156. The Bertz CT molecular complexity index is 486. The number of amides is 1. The number of carbonyl (C=O) groups is 1. The molecule has 1 amide bonds. The van der Waals surface area contributed by atoms with Gasteiger partial charge in [-0.2, -0.15) is 0 Å². The van der Waals surface area contributed by atoms with Crippen molar-refractivity contribution in [3.05, 3.63) is 17.5 Å². The molecule has 0 aromatic carbocycles. The number of hydrogen-bond acceptors (Lipinski definition) is 6. The van der Waals surface area contributed by atoms with Crippen LogP contribution in [0.1, 0.15) is 16.2 Å². The quantitative estimate of drug-likeness (QED) is 0.818. The standard InChI is InChI=1S/C14H23N5O2/c1-11-10-12(17-14(16-11)18(2)3)13(20)15-4-5-19-6-8-21-9-7-19/h10H,4-9H2,1-3H3,(H,15,20). The van der Waals surface area contributed by atoms with E-state index in [9.17, 15) is 4.79 Å². The topological polar surface area (TPSA) is 70.6 Å². The van der Waals surface area contributed by atoms with Crippen LogP contribution < -0.4 is 10.2 Å². The molecule has 116 valence electrons. The lowest BCUT2D eigenvalue weighted by atomic mass is 10.3. The predicted octanol–water partition coefficient (Wildman–Crippen LogP) is -0.0870. The smallest absolute Gasteiger partial charge is 0.270 e. The highest BCUT2D eigenvalue weighted by atomic mass is 16.5. The molecular formula is C14H23N5O2. The van der Waals surface area contributed by atoms with Crippen molar-refractivity contribution in [1.82, 2.24) is 20.2 Å². The number of hydrogen-bond donors (Lipinski definition) is 1. The van der Waals surface area contributed by atoms with E-state index < -0.39 is 0 Å². The van der Waals surface area contributed by atoms with Crippen LogP contribution in [0, 0.1) is 6.92 Å². The minimum atomic E-state index is -0.156. The summed E-state index contributed by atoms with van der Waals surface area (Å²) in [5.74, 6) is 0.394. The van der Waals surface area contributed by atoms with Gasteiger partial charge < -0.3 is 15.0 Å². The van der Waals surface area contributed by atoms with Crippen LogP contribution in [0.5, 0.6) is 0 Å². The van der Waals surface area contributed by atoms with Crippen molar-refractivity contribution in [2.24, 2.45) is 0 Å². The van der Waals surface area contributed by atoms with Crippen molar-refractivity contribution in [3.8, 4) is 0 Å². The number of anilines is 1. The zero-order valence-corrected chi connectivity index (χ0v) is 12.9. The van der Waals surface area contributed by atoms with E-state index >= 15 is 0 Å². The number of carbonyl (C=O) groups excluding carboxylic acids is 1. The Morgan fingerprint density at radius 3 is 2.76 bits per heavy atom. The first-order valence-corrected chi connectivity index (χ1v) is 7.17.